The Bertz CT molecular complexity index is 1130. The maximum atomic E-state index is 12.9. The van der Waals surface area contributed by atoms with E-state index in [1.54, 1.807) is 36.5 Å². The van der Waals surface area contributed by atoms with Gasteiger partial charge in [0, 0.05) is 24.2 Å². The van der Waals surface area contributed by atoms with Crippen LogP contribution in [-0.2, 0) is 11.8 Å². The van der Waals surface area contributed by atoms with Crippen LogP contribution in [0.2, 0.25) is 0 Å². The molecule has 2 heterocycles. The van der Waals surface area contributed by atoms with E-state index < -0.39 is 18.1 Å². The Kier molecular flexibility index (Phi) is 4.91. The van der Waals surface area contributed by atoms with Crippen molar-refractivity contribution in [2.45, 2.75) is 6.04 Å². The Labute approximate surface area is 168 Å². The lowest BCUT2D eigenvalue weighted by Crippen LogP contribution is -2.34. The maximum absolute atomic E-state index is 12.9. The molecular weight excluding hydrogens is 368 g/mol. The number of para-hydroxylation sites is 2. The minimum absolute atomic E-state index is 0.438. The Hall–Kier alpha value is -3.80. The van der Waals surface area contributed by atoms with Crippen molar-refractivity contribution in [3.05, 3.63) is 90.3 Å². The fourth-order valence-corrected chi connectivity index (χ4v) is 3.61. The summed E-state index contributed by atoms with van der Waals surface area (Å²) in [6, 6.07) is 15.9. The van der Waals surface area contributed by atoms with Crippen molar-refractivity contribution in [3.8, 4) is 5.75 Å². The molecule has 2 aromatic carbocycles. The second-order valence-electron chi connectivity index (χ2n) is 6.59. The highest BCUT2D eigenvalue weighted by atomic mass is 16.6. The summed E-state index contributed by atoms with van der Waals surface area (Å²) in [4.78, 5) is 27.0. The summed E-state index contributed by atoms with van der Waals surface area (Å²) in [5.74, 6) is 0.000525. The Morgan fingerprint density at radius 3 is 2.45 bits per heavy atom. The molecule has 0 N–H and O–H groups in total. The number of aryl methyl sites for hydroxylation is 1. The quantitative estimate of drug-likeness (QED) is 0.616. The topological polar surface area (TPSA) is 60.8 Å². The van der Waals surface area contributed by atoms with Crippen molar-refractivity contribution in [2.24, 2.45) is 7.05 Å². The van der Waals surface area contributed by atoms with Gasteiger partial charge in [0.25, 0.3) is 0 Å². The van der Waals surface area contributed by atoms with E-state index in [0.29, 0.717) is 17.0 Å². The van der Waals surface area contributed by atoms with Crippen LogP contribution in [0.3, 0.4) is 0 Å². The van der Waals surface area contributed by atoms with E-state index in [9.17, 15) is 9.59 Å². The summed E-state index contributed by atoms with van der Waals surface area (Å²) in [6.07, 6.45) is 6.56. The molecule has 0 spiro atoms. The summed E-state index contributed by atoms with van der Waals surface area (Å²) in [5, 5.41) is 0.774. The highest BCUT2D eigenvalue weighted by Gasteiger charge is 2.33. The molecule has 1 aliphatic rings. The number of hydrogen-bond donors (Lipinski definition) is 0. The van der Waals surface area contributed by atoms with Crippen LogP contribution in [0.15, 0.2) is 79.0 Å². The van der Waals surface area contributed by atoms with Crippen LogP contribution >= 0.6 is 0 Å². The largest absolute Gasteiger partial charge is 0.465 e. The standard InChI is InChI=1S/C23H20N2O4/c1-24-18-13-7-6-12-17(18)20(22(26)28-2)21(24)19-14-8-9-15-25(19)23(27)29-16-10-4-3-5-11-16/h3-15,19H,1-2H3. The molecule has 6 nitrogen and oxygen atoms in total. The molecule has 0 saturated heterocycles. The Morgan fingerprint density at radius 1 is 0.966 bits per heavy atom. The molecule has 0 bridgehead atoms. The summed E-state index contributed by atoms with van der Waals surface area (Å²) in [6.45, 7) is 0. The summed E-state index contributed by atoms with van der Waals surface area (Å²) >= 11 is 0. The van der Waals surface area contributed by atoms with Crippen LogP contribution in [0.4, 0.5) is 4.79 Å². The minimum atomic E-state index is -0.539. The van der Waals surface area contributed by atoms with Gasteiger partial charge in [0.1, 0.15) is 5.75 Å². The number of amides is 1. The lowest BCUT2D eigenvalue weighted by atomic mass is 10.0. The van der Waals surface area contributed by atoms with Crippen molar-refractivity contribution < 1.29 is 19.1 Å². The Morgan fingerprint density at radius 2 is 1.69 bits per heavy atom. The van der Waals surface area contributed by atoms with E-state index in [1.807, 2.05) is 54.1 Å². The van der Waals surface area contributed by atoms with Gasteiger partial charge < -0.3 is 14.0 Å². The second kappa shape index (κ2) is 7.67. The summed E-state index contributed by atoms with van der Waals surface area (Å²) in [7, 11) is 3.23. The van der Waals surface area contributed by atoms with Gasteiger partial charge in [0.2, 0.25) is 0 Å². The molecule has 0 fully saturated rings. The van der Waals surface area contributed by atoms with Crippen LogP contribution < -0.4 is 4.74 Å². The number of benzene rings is 2. The number of allylic oxidation sites excluding steroid dienone is 2. The fourth-order valence-electron chi connectivity index (χ4n) is 3.61. The normalized spacial score (nSPS) is 15.5. The van der Waals surface area contributed by atoms with E-state index >= 15 is 0 Å². The molecule has 29 heavy (non-hydrogen) atoms. The number of carbonyl (C=O) groups excluding carboxylic acids is 2. The average molecular weight is 388 g/mol. The first kappa shape index (κ1) is 18.6. The minimum Gasteiger partial charge on any atom is -0.465 e. The van der Waals surface area contributed by atoms with Crippen LogP contribution in [0, 0.1) is 0 Å². The molecule has 1 atom stereocenters. The predicted octanol–water partition coefficient (Wildman–Crippen LogP) is 4.59. The van der Waals surface area contributed by atoms with Crippen molar-refractivity contribution in [2.75, 3.05) is 7.11 Å². The number of methoxy groups -OCH3 is 1. The molecule has 0 saturated carbocycles. The van der Waals surface area contributed by atoms with Crippen LogP contribution in [-0.4, -0.2) is 28.6 Å². The van der Waals surface area contributed by atoms with Crippen LogP contribution in [0.25, 0.3) is 10.9 Å². The van der Waals surface area contributed by atoms with Crippen molar-refractivity contribution >= 4 is 23.0 Å². The van der Waals surface area contributed by atoms with Gasteiger partial charge in [-0.15, -0.1) is 0 Å². The number of nitrogens with zero attached hydrogens (tertiary/aromatic N) is 2. The van der Waals surface area contributed by atoms with E-state index in [2.05, 4.69) is 0 Å². The van der Waals surface area contributed by atoms with E-state index in [0.717, 1.165) is 10.9 Å². The number of carbonyl (C=O) groups is 2. The number of esters is 1. The zero-order valence-corrected chi connectivity index (χ0v) is 16.1. The first-order valence-corrected chi connectivity index (χ1v) is 9.17. The van der Waals surface area contributed by atoms with Crippen molar-refractivity contribution in [1.82, 2.24) is 9.47 Å². The number of rotatable bonds is 3. The molecule has 6 heteroatoms. The Balaban J connectivity index is 1.80. The van der Waals surface area contributed by atoms with Crippen LogP contribution in [0.5, 0.6) is 5.75 Å². The second-order valence-corrected chi connectivity index (χ2v) is 6.59. The van der Waals surface area contributed by atoms with Gasteiger partial charge >= 0.3 is 12.1 Å². The third kappa shape index (κ3) is 3.29. The van der Waals surface area contributed by atoms with Gasteiger partial charge in [-0.2, -0.15) is 0 Å². The molecule has 1 aliphatic heterocycles. The molecular formula is C23H20N2O4. The number of fused-ring (bicyclic) bond motifs is 1. The number of hydrogen-bond acceptors (Lipinski definition) is 4. The fraction of sp³-hybridized carbons (Fsp3) is 0.130. The number of ether oxygens (including phenoxy) is 2. The molecule has 0 aliphatic carbocycles. The first-order chi connectivity index (χ1) is 14.1. The van der Waals surface area contributed by atoms with E-state index in [4.69, 9.17) is 9.47 Å². The molecule has 4 rings (SSSR count). The molecule has 3 aromatic rings. The first-order valence-electron chi connectivity index (χ1n) is 9.17. The zero-order valence-electron chi connectivity index (χ0n) is 16.1. The molecule has 0 radical (unpaired) electrons. The van der Waals surface area contributed by atoms with Gasteiger partial charge in [0.05, 0.1) is 24.4 Å². The molecule has 1 unspecified atom stereocenters. The third-order valence-electron chi connectivity index (χ3n) is 4.93. The van der Waals surface area contributed by atoms with Gasteiger partial charge in [0.15, 0.2) is 0 Å². The predicted molar refractivity (Wildman–Crippen MR) is 110 cm³/mol. The zero-order chi connectivity index (χ0) is 20.4. The number of aromatic nitrogens is 1. The van der Waals surface area contributed by atoms with E-state index in [1.165, 1.54) is 12.0 Å². The van der Waals surface area contributed by atoms with Crippen molar-refractivity contribution in [1.29, 1.82) is 0 Å². The lowest BCUT2D eigenvalue weighted by Gasteiger charge is -2.29. The molecule has 1 aromatic heterocycles. The highest BCUT2D eigenvalue weighted by Crippen LogP contribution is 2.35. The average Bonchev–Trinajstić information content (AvgIpc) is 3.06. The molecule has 146 valence electrons. The SMILES string of the molecule is COC(=O)c1c(C2C=CC=CN2C(=O)Oc2ccccc2)n(C)c2ccccc12. The smallest absolute Gasteiger partial charge is 0.420 e. The lowest BCUT2D eigenvalue weighted by molar-refractivity contribution is 0.0599. The van der Waals surface area contributed by atoms with Gasteiger partial charge in [-0.1, -0.05) is 48.6 Å². The highest BCUT2D eigenvalue weighted by molar-refractivity contribution is 6.06. The van der Waals surface area contributed by atoms with Gasteiger partial charge in [-0.3, -0.25) is 4.90 Å². The van der Waals surface area contributed by atoms with Gasteiger partial charge in [-0.05, 0) is 24.3 Å². The summed E-state index contributed by atoms with van der Waals surface area (Å²) < 4.78 is 12.5. The van der Waals surface area contributed by atoms with E-state index in [-0.39, 0.29) is 0 Å². The van der Waals surface area contributed by atoms with Crippen LogP contribution in [0.1, 0.15) is 22.1 Å². The van der Waals surface area contributed by atoms with Gasteiger partial charge in [-0.25, -0.2) is 9.59 Å². The monoisotopic (exact) mass is 388 g/mol. The third-order valence-corrected chi connectivity index (χ3v) is 4.93. The van der Waals surface area contributed by atoms with Crippen molar-refractivity contribution in [3.63, 3.8) is 0 Å². The molecule has 1 amide bonds. The maximum Gasteiger partial charge on any atom is 0.420 e. The summed E-state index contributed by atoms with van der Waals surface area (Å²) in [5.41, 5.74) is 1.97.